The van der Waals surface area contributed by atoms with Crippen LogP contribution in [0.25, 0.3) is 0 Å². The van der Waals surface area contributed by atoms with Gasteiger partial charge in [0.1, 0.15) is 18.0 Å². The van der Waals surface area contributed by atoms with Crippen LogP contribution in [0.1, 0.15) is 11.1 Å². The van der Waals surface area contributed by atoms with E-state index in [1.54, 1.807) is 0 Å². The first-order valence-electron chi connectivity index (χ1n) is 6.00. The third-order valence-electron chi connectivity index (χ3n) is 3.04. The van der Waals surface area contributed by atoms with E-state index in [1.165, 1.54) is 11.9 Å². The van der Waals surface area contributed by atoms with Gasteiger partial charge in [0.2, 0.25) is 0 Å². The standard InChI is InChI=1S/C14H18N4/c1-11-13(15)16-10-17-14(11)18(2)9-8-12-6-4-3-5-7-12/h3-7,10H,8-9H2,1-2H3,(H2,15,16,17). The lowest BCUT2D eigenvalue weighted by Crippen LogP contribution is -2.23. The van der Waals surface area contributed by atoms with Gasteiger partial charge in [0.05, 0.1) is 0 Å². The van der Waals surface area contributed by atoms with Gasteiger partial charge < -0.3 is 10.6 Å². The Bertz CT molecular complexity index is 510. The number of hydrogen-bond donors (Lipinski definition) is 1. The molecule has 1 heterocycles. The molecule has 2 aromatic rings. The Kier molecular flexibility index (Phi) is 3.77. The highest BCUT2D eigenvalue weighted by atomic mass is 15.2. The van der Waals surface area contributed by atoms with Crippen LogP contribution in [-0.4, -0.2) is 23.6 Å². The van der Waals surface area contributed by atoms with Crippen molar-refractivity contribution in [2.75, 3.05) is 24.2 Å². The molecule has 0 aliphatic heterocycles. The molecule has 1 aromatic heterocycles. The first-order valence-corrected chi connectivity index (χ1v) is 6.00. The summed E-state index contributed by atoms with van der Waals surface area (Å²) in [5, 5.41) is 0. The first kappa shape index (κ1) is 12.4. The minimum atomic E-state index is 0.548. The van der Waals surface area contributed by atoms with Gasteiger partial charge >= 0.3 is 0 Å². The molecule has 18 heavy (non-hydrogen) atoms. The van der Waals surface area contributed by atoms with Crippen molar-refractivity contribution in [3.63, 3.8) is 0 Å². The van der Waals surface area contributed by atoms with Gasteiger partial charge in [-0.1, -0.05) is 30.3 Å². The summed E-state index contributed by atoms with van der Waals surface area (Å²) in [7, 11) is 2.03. The van der Waals surface area contributed by atoms with E-state index in [9.17, 15) is 0 Å². The van der Waals surface area contributed by atoms with Crippen molar-refractivity contribution in [2.45, 2.75) is 13.3 Å². The summed E-state index contributed by atoms with van der Waals surface area (Å²) in [6, 6.07) is 10.4. The van der Waals surface area contributed by atoms with Crippen molar-refractivity contribution in [3.8, 4) is 0 Å². The Morgan fingerprint density at radius 3 is 2.61 bits per heavy atom. The largest absolute Gasteiger partial charge is 0.383 e. The molecule has 0 bridgehead atoms. The summed E-state index contributed by atoms with van der Waals surface area (Å²) in [6.07, 6.45) is 2.50. The molecule has 0 radical (unpaired) electrons. The Labute approximate surface area is 107 Å². The minimum Gasteiger partial charge on any atom is -0.383 e. The zero-order valence-electron chi connectivity index (χ0n) is 10.8. The maximum Gasteiger partial charge on any atom is 0.136 e. The third-order valence-corrected chi connectivity index (χ3v) is 3.04. The minimum absolute atomic E-state index is 0.548. The molecule has 4 nitrogen and oxygen atoms in total. The van der Waals surface area contributed by atoms with Crippen LogP contribution in [0.2, 0.25) is 0 Å². The van der Waals surface area contributed by atoms with Crippen molar-refractivity contribution in [3.05, 3.63) is 47.8 Å². The quantitative estimate of drug-likeness (QED) is 0.891. The van der Waals surface area contributed by atoms with E-state index < -0.39 is 0 Å². The number of hydrogen-bond acceptors (Lipinski definition) is 4. The highest BCUT2D eigenvalue weighted by Crippen LogP contribution is 2.18. The number of rotatable bonds is 4. The van der Waals surface area contributed by atoms with Crippen LogP contribution in [0.15, 0.2) is 36.7 Å². The highest BCUT2D eigenvalue weighted by Gasteiger charge is 2.08. The van der Waals surface area contributed by atoms with E-state index >= 15 is 0 Å². The average Bonchev–Trinajstić information content (AvgIpc) is 2.40. The summed E-state index contributed by atoms with van der Waals surface area (Å²) in [4.78, 5) is 10.4. The van der Waals surface area contributed by atoms with Crippen molar-refractivity contribution in [2.24, 2.45) is 0 Å². The molecular weight excluding hydrogens is 224 g/mol. The Morgan fingerprint density at radius 2 is 1.89 bits per heavy atom. The average molecular weight is 242 g/mol. The molecule has 0 unspecified atom stereocenters. The summed E-state index contributed by atoms with van der Waals surface area (Å²) in [5.74, 6) is 1.45. The number of nitrogen functional groups attached to an aromatic ring is 1. The first-order chi connectivity index (χ1) is 8.68. The van der Waals surface area contributed by atoms with Crippen molar-refractivity contribution < 1.29 is 0 Å². The van der Waals surface area contributed by atoms with Gasteiger partial charge in [-0.15, -0.1) is 0 Å². The lowest BCUT2D eigenvalue weighted by Gasteiger charge is -2.20. The predicted molar refractivity (Wildman–Crippen MR) is 74.6 cm³/mol. The van der Waals surface area contributed by atoms with Crippen LogP contribution < -0.4 is 10.6 Å². The van der Waals surface area contributed by atoms with E-state index in [0.29, 0.717) is 5.82 Å². The number of nitrogens with two attached hydrogens (primary N) is 1. The molecule has 0 aliphatic rings. The normalized spacial score (nSPS) is 10.3. The summed E-state index contributed by atoms with van der Waals surface area (Å²) < 4.78 is 0. The number of benzene rings is 1. The Balaban J connectivity index is 2.04. The molecule has 0 aliphatic carbocycles. The van der Waals surface area contributed by atoms with E-state index in [0.717, 1.165) is 24.3 Å². The summed E-state index contributed by atoms with van der Waals surface area (Å²) in [6.45, 7) is 2.85. The Hall–Kier alpha value is -2.10. The van der Waals surface area contributed by atoms with Gasteiger partial charge in [-0.3, -0.25) is 0 Å². The van der Waals surface area contributed by atoms with Crippen LogP contribution >= 0.6 is 0 Å². The second-order valence-electron chi connectivity index (χ2n) is 4.36. The monoisotopic (exact) mass is 242 g/mol. The van der Waals surface area contributed by atoms with Gasteiger partial charge in [-0.2, -0.15) is 0 Å². The third kappa shape index (κ3) is 2.77. The van der Waals surface area contributed by atoms with E-state index in [4.69, 9.17) is 5.73 Å². The summed E-state index contributed by atoms with van der Waals surface area (Å²) >= 11 is 0. The Morgan fingerprint density at radius 1 is 1.17 bits per heavy atom. The number of aromatic nitrogens is 2. The smallest absolute Gasteiger partial charge is 0.136 e. The van der Waals surface area contributed by atoms with Gasteiger partial charge in [0.15, 0.2) is 0 Å². The van der Waals surface area contributed by atoms with Crippen molar-refractivity contribution in [1.29, 1.82) is 0 Å². The molecular formula is C14H18N4. The molecule has 2 rings (SSSR count). The summed E-state index contributed by atoms with van der Waals surface area (Å²) in [5.41, 5.74) is 8.05. The number of likely N-dealkylation sites (N-methyl/N-ethyl adjacent to an activating group) is 1. The number of nitrogens with zero attached hydrogens (tertiary/aromatic N) is 3. The van der Waals surface area contributed by atoms with Crippen molar-refractivity contribution >= 4 is 11.6 Å². The molecule has 1 aromatic carbocycles. The van der Waals surface area contributed by atoms with E-state index in [1.807, 2.05) is 20.0 Å². The molecule has 4 heteroatoms. The molecule has 94 valence electrons. The molecule has 0 atom stereocenters. The predicted octanol–water partition coefficient (Wildman–Crippen LogP) is 2.05. The molecule has 0 amide bonds. The number of anilines is 2. The maximum atomic E-state index is 5.79. The van der Waals surface area contributed by atoms with Gasteiger partial charge in [-0.25, -0.2) is 9.97 Å². The molecule has 0 spiro atoms. The fourth-order valence-corrected chi connectivity index (χ4v) is 1.89. The highest BCUT2D eigenvalue weighted by molar-refractivity contribution is 5.55. The van der Waals surface area contributed by atoms with Gasteiger partial charge in [-0.05, 0) is 18.9 Å². The van der Waals surface area contributed by atoms with Gasteiger partial charge in [0.25, 0.3) is 0 Å². The van der Waals surface area contributed by atoms with Crippen LogP contribution in [0.3, 0.4) is 0 Å². The van der Waals surface area contributed by atoms with Crippen LogP contribution in [0.5, 0.6) is 0 Å². The second kappa shape index (κ2) is 5.49. The van der Waals surface area contributed by atoms with E-state index in [2.05, 4.69) is 39.1 Å². The van der Waals surface area contributed by atoms with Gasteiger partial charge in [0, 0.05) is 19.2 Å². The molecule has 0 saturated heterocycles. The van der Waals surface area contributed by atoms with Crippen LogP contribution in [-0.2, 0) is 6.42 Å². The second-order valence-corrected chi connectivity index (χ2v) is 4.36. The lowest BCUT2D eigenvalue weighted by molar-refractivity contribution is 0.851. The maximum absolute atomic E-state index is 5.79. The molecule has 0 saturated carbocycles. The van der Waals surface area contributed by atoms with Crippen LogP contribution in [0, 0.1) is 6.92 Å². The lowest BCUT2D eigenvalue weighted by atomic mass is 10.1. The van der Waals surface area contributed by atoms with E-state index in [-0.39, 0.29) is 0 Å². The SMILES string of the molecule is Cc1c(N)ncnc1N(C)CCc1ccccc1. The molecule has 0 fully saturated rings. The zero-order valence-corrected chi connectivity index (χ0v) is 10.8. The fourth-order valence-electron chi connectivity index (χ4n) is 1.89. The van der Waals surface area contributed by atoms with Crippen molar-refractivity contribution in [1.82, 2.24) is 9.97 Å². The van der Waals surface area contributed by atoms with Crippen LogP contribution in [0.4, 0.5) is 11.6 Å². The topological polar surface area (TPSA) is 55.0 Å². The fraction of sp³-hybridized carbons (Fsp3) is 0.286. The zero-order chi connectivity index (χ0) is 13.0. The molecule has 2 N–H and O–H groups in total.